The van der Waals surface area contributed by atoms with Gasteiger partial charge in [0.2, 0.25) is 0 Å². The zero-order valence-corrected chi connectivity index (χ0v) is 8.14. The molecule has 72 valence electrons. The summed E-state index contributed by atoms with van der Waals surface area (Å²) in [5.41, 5.74) is 0. The van der Waals surface area contributed by atoms with Crippen LogP contribution in [0.2, 0.25) is 0 Å². The van der Waals surface area contributed by atoms with Gasteiger partial charge in [0.25, 0.3) is 0 Å². The lowest BCUT2D eigenvalue weighted by Gasteiger charge is -2.03. The molecule has 2 heteroatoms. The van der Waals surface area contributed by atoms with Crippen LogP contribution in [0.4, 0.5) is 0 Å². The van der Waals surface area contributed by atoms with Gasteiger partial charge in [-0.2, -0.15) is 0 Å². The van der Waals surface area contributed by atoms with E-state index in [1.54, 1.807) is 0 Å². The van der Waals surface area contributed by atoms with Crippen molar-refractivity contribution in [1.29, 1.82) is 0 Å². The summed E-state index contributed by atoms with van der Waals surface area (Å²) in [6.45, 7) is 9.57. The minimum Gasteiger partial charge on any atom is -0.380 e. The van der Waals surface area contributed by atoms with Crippen LogP contribution < -0.4 is 5.32 Å². The molecule has 0 aliphatic rings. The van der Waals surface area contributed by atoms with Crippen LogP contribution in [0, 0.1) is 0 Å². The Balaban J connectivity index is 2.77. The summed E-state index contributed by atoms with van der Waals surface area (Å²) in [6.07, 6.45) is 5.27. The summed E-state index contributed by atoms with van der Waals surface area (Å²) in [5.74, 6) is 0. The maximum Gasteiger partial charge on any atom is 0.0590 e. The molecule has 0 aromatic rings. The van der Waals surface area contributed by atoms with E-state index in [2.05, 4.69) is 18.8 Å². The predicted octanol–water partition coefficient (Wildman–Crippen LogP) is 1.97. The smallest absolute Gasteiger partial charge is 0.0590 e. The number of hydrogen-bond acceptors (Lipinski definition) is 2. The fourth-order valence-electron chi connectivity index (χ4n) is 0.878. The van der Waals surface area contributed by atoms with E-state index in [-0.39, 0.29) is 0 Å². The minimum absolute atomic E-state index is 0.830. The van der Waals surface area contributed by atoms with Gasteiger partial charge in [-0.25, -0.2) is 0 Å². The van der Waals surface area contributed by atoms with Crippen LogP contribution in [-0.2, 0) is 4.74 Å². The van der Waals surface area contributed by atoms with E-state index < -0.39 is 0 Å². The lowest BCUT2D eigenvalue weighted by atomic mass is 10.3. The van der Waals surface area contributed by atoms with Gasteiger partial charge in [0, 0.05) is 13.2 Å². The minimum atomic E-state index is 0.830. The average Bonchev–Trinajstić information content (AvgIpc) is 2.10. The largest absolute Gasteiger partial charge is 0.380 e. The third-order valence-corrected chi connectivity index (χ3v) is 1.55. The van der Waals surface area contributed by atoms with Crippen molar-refractivity contribution < 1.29 is 4.74 Å². The molecule has 1 N–H and O–H groups in total. The van der Waals surface area contributed by atoms with E-state index in [1.807, 2.05) is 6.08 Å². The molecule has 0 aliphatic heterocycles. The molecule has 0 bridgehead atoms. The van der Waals surface area contributed by atoms with E-state index in [0.717, 1.165) is 39.1 Å². The van der Waals surface area contributed by atoms with Crippen LogP contribution in [0.3, 0.4) is 0 Å². The Hall–Kier alpha value is -0.340. The molecule has 0 aliphatic carbocycles. The molecule has 12 heavy (non-hydrogen) atoms. The number of nitrogens with one attached hydrogen (secondary N) is 1. The predicted molar refractivity (Wildman–Crippen MR) is 53.4 cm³/mol. The SMILES string of the molecule is C=CCCCOCCNCCC. The van der Waals surface area contributed by atoms with E-state index in [0.29, 0.717) is 0 Å². The Labute approximate surface area is 76.0 Å². The van der Waals surface area contributed by atoms with Gasteiger partial charge < -0.3 is 10.1 Å². The second-order valence-corrected chi connectivity index (χ2v) is 2.79. The lowest BCUT2D eigenvalue weighted by molar-refractivity contribution is 0.134. The highest BCUT2D eigenvalue weighted by molar-refractivity contribution is 4.64. The molecule has 0 rings (SSSR count). The first-order valence-corrected chi connectivity index (χ1v) is 4.81. The molecular weight excluding hydrogens is 150 g/mol. The molecule has 0 radical (unpaired) electrons. The molecule has 0 amide bonds. The molecule has 0 aromatic heterocycles. The van der Waals surface area contributed by atoms with Crippen molar-refractivity contribution >= 4 is 0 Å². The molecule has 0 spiro atoms. The fraction of sp³-hybridized carbons (Fsp3) is 0.800. The van der Waals surface area contributed by atoms with Crippen molar-refractivity contribution in [2.45, 2.75) is 26.2 Å². The second kappa shape index (κ2) is 10.7. The molecule has 0 unspecified atom stereocenters. The van der Waals surface area contributed by atoms with Gasteiger partial charge in [0.15, 0.2) is 0 Å². The quantitative estimate of drug-likeness (QED) is 0.423. The third-order valence-electron chi connectivity index (χ3n) is 1.55. The molecular formula is C10H21NO. The van der Waals surface area contributed by atoms with Crippen LogP contribution in [0.1, 0.15) is 26.2 Å². The second-order valence-electron chi connectivity index (χ2n) is 2.79. The Morgan fingerprint density at radius 1 is 1.33 bits per heavy atom. The van der Waals surface area contributed by atoms with Crippen LogP contribution in [0.5, 0.6) is 0 Å². The summed E-state index contributed by atoms with van der Waals surface area (Å²) < 4.78 is 5.37. The first kappa shape index (κ1) is 11.7. The van der Waals surface area contributed by atoms with Gasteiger partial charge in [0.05, 0.1) is 6.61 Å². The number of hydrogen-bond donors (Lipinski definition) is 1. The summed E-state index contributed by atoms with van der Waals surface area (Å²) in [6, 6.07) is 0. The lowest BCUT2D eigenvalue weighted by Crippen LogP contribution is -2.20. The van der Waals surface area contributed by atoms with E-state index in [1.165, 1.54) is 6.42 Å². The summed E-state index contributed by atoms with van der Waals surface area (Å²) in [4.78, 5) is 0. The Kier molecular flexibility index (Phi) is 10.4. The van der Waals surface area contributed by atoms with Crippen LogP contribution in [0.25, 0.3) is 0 Å². The van der Waals surface area contributed by atoms with Gasteiger partial charge in [-0.15, -0.1) is 6.58 Å². The molecule has 0 heterocycles. The molecule has 0 saturated carbocycles. The highest BCUT2D eigenvalue weighted by Gasteiger charge is 1.87. The Bertz CT molecular complexity index is 93.8. The zero-order chi connectivity index (χ0) is 9.07. The van der Waals surface area contributed by atoms with Crippen molar-refractivity contribution in [2.24, 2.45) is 0 Å². The Morgan fingerprint density at radius 3 is 2.83 bits per heavy atom. The van der Waals surface area contributed by atoms with Gasteiger partial charge in [-0.1, -0.05) is 13.0 Å². The molecule has 2 nitrogen and oxygen atoms in total. The topological polar surface area (TPSA) is 21.3 Å². The zero-order valence-electron chi connectivity index (χ0n) is 8.14. The van der Waals surface area contributed by atoms with Crippen molar-refractivity contribution in [1.82, 2.24) is 5.32 Å². The average molecular weight is 171 g/mol. The monoisotopic (exact) mass is 171 g/mol. The summed E-state index contributed by atoms with van der Waals surface area (Å²) in [5, 5.41) is 3.28. The normalized spacial score (nSPS) is 10.1. The maximum atomic E-state index is 5.37. The molecule has 0 saturated heterocycles. The van der Waals surface area contributed by atoms with Crippen LogP contribution in [-0.4, -0.2) is 26.3 Å². The van der Waals surface area contributed by atoms with E-state index in [9.17, 15) is 0 Å². The number of allylic oxidation sites excluding steroid dienone is 1. The first-order valence-electron chi connectivity index (χ1n) is 4.81. The maximum absolute atomic E-state index is 5.37. The van der Waals surface area contributed by atoms with Crippen molar-refractivity contribution in [3.63, 3.8) is 0 Å². The molecule has 0 aromatic carbocycles. The van der Waals surface area contributed by atoms with Crippen molar-refractivity contribution in [3.8, 4) is 0 Å². The number of rotatable bonds is 9. The molecule has 0 fully saturated rings. The van der Waals surface area contributed by atoms with Crippen LogP contribution >= 0.6 is 0 Å². The Morgan fingerprint density at radius 2 is 2.17 bits per heavy atom. The number of unbranched alkanes of at least 4 members (excludes halogenated alkanes) is 1. The standard InChI is InChI=1S/C10H21NO/c1-3-5-6-9-12-10-8-11-7-4-2/h3,11H,1,4-10H2,2H3. The van der Waals surface area contributed by atoms with Gasteiger partial charge in [-0.3, -0.25) is 0 Å². The van der Waals surface area contributed by atoms with Crippen molar-refractivity contribution in [2.75, 3.05) is 26.3 Å². The van der Waals surface area contributed by atoms with E-state index in [4.69, 9.17) is 4.74 Å². The fourth-order valence-corrected chi connectivity index (χ4v) is 0.878. The van der Waals surface area contributed by atoms with Gasteiger partial charge in [-0.05, 0) is 25.8 Å². The van der Waals surface area contributed by atoms with E-state index >= 15 is 0 Å². The molecule has 0 atom stereocenters. The highest BCUT2D eigenvalue weighted by Crippen LogP contribution is 1.89. The third kappa shape index (κ3) is 9.66. The van der Waals surface area contributed by atoms with Gasteiger partial charge in [0.1, 0.15) is 0 Å². The number of ether oxygens (including phenoxy) is 1. The van der Waals surface area contributed by atoms with Crippen LogP contribution in [0.15, 0.2) is 12.7 Å². The summed E-state index contributed by atoms with van der Waals surface area (Å²) in [7, 11) is 0. The summed E-state index contributed by atoms with van der Waals surface area (Å²) >= 11 is 0. The first-order chi connectivity index (χ1) is 5.91. The van der Waals surface area contributed by atoms with Gasteiger partial charge >= 0.3 is 0 Å². The highest BCUT2D eigenvalue weighted by atomic mass is 16.5. The van der Waals surface area contributed by atoms with Crippen molar-refractivity contribution in [3.05, 3.63) is 12.7 Å².